The molecule has 0 radical (unpaired) electrons. The van der Waals surface area contributed by atoms with Crippen LogP contribution >= 0.6 is 0 Å². The Kier molecular flexibility index (Phi) is 3.96. The highest BCUT2D eigenvalue weighted by atomic mass is 16.3. The lowest BCUT2D eigenvalue weighted by Gasteiger charge is -2.57. The highest BCUT2D eigenvalue weighted by Crippen LogP contribution is 2.55. The number of nitrogens with one attached hydrogen (secondary N) is 1. The molecular formula is C19H32N2O2. The minimum atomic E-state index is -0.269. The van der Waals surface area contributed by atoms with Crippen LogP contribution < -0.4 is 5.32 Å². The molecule has 5 fully saturated rings. The molecule has 0 spiro atoms. The monoisotopic (exact) mass is 320 g/mol. The second kappa shape index (κ2) is 5.73. The van der Waals surface area contributed by atoms with Crippen LogP contribution in [0.25, 0.3) is 0 Å². The van der Waals surface area contributed by atoms with Gasteiger partial charge < -0.3 is 10.4 Å². The molecule has 4 bridgehead atoms. The number of nitrogens with zero attached hydrogens (tertiary/aromatic N) is 1. The van der Waals surface area contributed by atoms with E-state index in [0.29, 0.717) is 12.5 Å². The van der Waals surface area contributed by atoms with Crippen molar-refractivity contribution in [1.82, 2.24) is 10.2 Å². The lowest BCUT2D eigenvalue weighted by molar-refractivity contribution is -0.131. The van der Waals surface area contributed by atoms with Gasteiger partial charge in [-0.15, -0.1) is 0 Å². The van der Waals surface area contributed by atoms with Crippen LogP contribution in [0.2, 0.25) is 0 Å². The summed E-state index contributed by atoms with van der Waals surface area (Å²) < 4.78 is 0. The standard InChI is InChI=1S/C19H32N2O2/c1-12(21(2)11-17(22)16-3-4-16)18(23)20-19-8-13-5-14(9-19)7-15(6-13)10-19/h12-17,22H,3-11H2,1-2H3,(H,20,23). The zero-order chi connectivity index (χ0) is 16.2. The second-order valence-corrected chi connectivity index (χ2v) is 9.21. The first kappa shape index (κ1) is 15.9. The van der Waals surface area contributed by atoms with Gasteiger partial charge in [0.2, 0.25) is 5.91 Å². The summed E-state index contributed by atoms with van der Waals surface area (Å²) in [6.07, 6.45) is 9.82. The van der Waals surface area contributed by atoms with E-state index in [-0.39, 0.29) is 23.6 Å². The maximum atomic E-state index is 12.8. The zero-order valence-electron chi connectivity index (χ0n) is 14.6. The van der Waals surface area contributed by atoms with Gasteiger partial charge in [-0.25, -0.2) is 0 Å². The van der Waals surface area contributed by atoms with Crippen LogP contribution in [0.15, 0.2) is 0 Å². The van der Waals surface area contributed by atoms with Gasteiger partial charge in [-0.2, -0.15) is 0 Å². The van der Waals surface area contributed by atoms with E-state index < -0.39 is 0 Å². The van der Waals surface area contributed by atoms with Crippen molar-refractivity contribution in [1.29, 1.82) is 0 Å². The van der Waals surface area contributed by atoms with Crippen LogP contribution in [0.4, 0.5) is 0 Å². The molecule has 5 aliphatic carbocycles. The summed E-state index contributed by atoms with van der Waals surface area (Å²) >= 11 is 0. The van der Waals surface area contributed by atoms with Crippen LogP contribution in [-0.2, 0) is 4.79 Å². The predicted molar refractivity (Wildman–Crippen MR) is 89.9 cm³/mol. The number of likely N-dealkylation sites (N-methyl/N-ethyl adjacent to an activating group) is 1. The molecule has 1 amide bonds. The maximum absolute atomic E-state index is 12.8. The molecule has 0 heterocycles. The summed E-state index contributed by atoms with van der Waals surface area (Å²) in [6.45, 7) is 2.59. The number of hydrogen-bond donors (Lipinski definition) is 2. The fourth-order valence-electron chi connectivity index (χ4n) is 5.91. The van der Waals surface area contributed by atoms with E-state index in [4.69, 9.17) is 0 Å². The largest absolute Gasteiger partial charge is 0.392 e. The minimum Gasteiger partial charge on any atom is -0.392 e. The van der Waals surface area contributed by atoms with E-state index in [0.717, 1.165) is 30.6 Å². The number of rotatable bonds is 6. The van der Waals surface area contributed by atoms with Crippen molar-refractivity contribution >= 4 is 5.91 Å². The van der Waals surface area contributed by atoms with Crippen LogP contribution in [0.3, 0.4) is 0 Å². The second-order valence-electron chi connectivity index (χ2n) is 9.21. The molecular weight excluding hydrogens is 288 g/mol. The van der Waals surface area contributed by atoms with E-state index in [1.807, 2.05) is 18.9 Å². The van der Waals surface area contributed by atoms with E-state index >= 15 is 0 Å². The Morgan fingerprint density at radius 2 is 1.70 bits per heavy atom. The van der Waals surface area contributed by atoms with E-state index in [1.165, 1.54) is 38.5 Å². The molecule has 0 aromatic carbocycles. The average molecular weight is 320 g/mol. The van der Waals surface area contributed by atoms with Gasteiger partial charge >= 0.3 is 0 Å². The normalized spacial score (nSPS) is 41.1. The molecule has 23 heavy (non-hydrogen) atoms. The van der Waals surface area contributed by atoms with E-state index in [2.05, 4.69) is 5.32 Å². The van der Waals surface area contributed by atoms with Gasteiger partial charge in [0.05, 0.1) is 12.1 Å². The van der Waals surface area contributed by atoms with Crippen molar-refractivity contribution in [3.8, 4) is 0 Å². The molecule has 130 valence electrons. The summed E-state index contributed by atoms with van der Waals surface area (Å²) in [5.41, 5.74) is 0.0933. The first-order valence-corrected chi connectivity index (χ1v) is 9.64. The van der Waals surface area contributed by atoms with Gasteiger partial charge in [0.15, 0.2) is 0 Å². The lowest BCUT2D eigenvalue weighted by Crippen LogP contribution is -2.62. The summed E-state index contributed by atoms with van der Waals surface area (Å²) in [4.78, 5) is 14.8. The Labute approximate surface area is 140 Å². The lowest BCUT2D eigenvalue weighted by atomic mass is 9.53. The Morgan fingerprint density at radius 1 is 1.17 bits per heavy atom. The predicted octanol–water partition coefficient (Wildman–Crippen LogP) is 2.16. The van der Waals surface area contributed by atoms with Crippen molar-refractivity contribution in [2.75, 3.05) is 13.6 Å². The summed E-state index contributed by atoms with van der Waals surface area (Å²) in [6, 6.07) is -0.156. The van der Waals surface area contributed by atoms with Gasteiger partial charge in [-0.1, -0.05) is 0 Å². The molecule has 0 aliphatic heterocycles. The molecule has 4 nitrogen and oxygen atoms in total. The molecule has 5 rings (SSSR count). The van der Waals surface area contributed by atoms with E-state index in [1.54, 1.807) is 0 Å². The number of carbonyl (C=O) groups is 1. The Hall–Kier alpha value is -0.610. The number of hydrogen-bond acceptors (Lipinski definition) is 3. The molecule has 4 heteroatoms. The fourth-order valence-corrected chi connectivity index (χ4v) is 5.91. The number of carbonyl (C=O) groups excluding carboxylic acids is 1. The van der Waals surface area contributed by atoms with Crippen LogP contribution in [0.1, 0.15) is 58.3 Å². The third-order valence-corrected chi connectivity index (χ3v) is 7.11. The first-order valence-electron chi connectivity index (χ1n) is 9.64. The molecule has 0 saturated heterocycles. The first-order chi connectivity index (χ1) is 10.9. The van der Waals surface area contributed by atoms with Gasteiger partial charge in [0.25, 0.3) is 0 Å². The Balaban J connectivity index is 1.35. The molecule has 2 atom stereocenters. The van der Waals surface area contributed by atoms with Crippen LogP contribution in [0.5, 0.6) is 0 Å². The third kappa shape index (κ3) is 3.17. The molecule has 5 aliphatic rings. The number of amides is 1. The Bertz CT molecular complexity index is 439. The van der Waals surface area contributed by atoms with Crippen molar-refractivity contribution in [2.24, 2.45) is 23.7 Å². The quantitative estimate of drug-likeness (QED) is 0.788. The van der Waals surface area contributed by atoms with Crippen LogP contribution in [-0.4, -0.2) is 47.2 Å². The minimum absolute atomic E-state index is 0.0933. The smallest absolute Gasteiger partial charge is 0.237 e. The van der Waals surface area contributed by atoms with Gasteiger partial charge in [0, 0.05) is 12.1 Å². The van der Waals surface area contributed by atoms with Crippen molar-refractivity contribution in [3.63, 3.8) is 0 Å². The SMILES string of the molecule is CC(C(=O)NC12CC3CC(CC(C3)C1)C2)N(C)CC(O)C1CC1. The maximum Gasteiger partial charge on any atom is 0.237 e. The number of aliphatic hydroxyl groups is 1. The van der Waals surface area contributed by atoms with Gasteiger partial charge in [-0.05, 0) is 89.0 Å². The number of aliphatic hydroxyl groups excluding tert-OH is 1. The molecule has 0 aromatic heterocycles. The fraction of sp³-hybridized carbons (Fsp3) is 0.947. The van der Waals surface area contributed by atoms with Crippen molar-refractivity contribution in [3.05, 3.63) is 0 Å². The zero-order valence-corrected chi connectivity index (χ0v) is 14.6. The molecule has 2 N–H and O–H groups in total. The Morgan fingerprint density at radius 3 is 2.17 bits per heavy atom. The summed E-state index contributed by atoms with van der Waals surface area (Å²) in [5.74, 6) is 3.19. The highest BCUT2D eigenvalue weighted by Gasteiger charge is 2.51. The average Bonchev–Trinajstić information content (AvgIpc) is 3.28. The topological polar surface area (TPSA) is 52.6 Å². The molecule has 2 unspecified atom stereocenters. The summed E-state index contributed by atoms with van der Waals surface area (Å²) in [5, 5.41) is 13.6. The molecule has 0 aromatic rings. The van der Waals surface area contributed by atoms with Crippen LogP contribution in [0, 0.1) is 23.7 Å². The third-order valence-electron chi connectivity index (χ3n) is 7.11. The highest BCUT2D eigenvalue weighted by molar-refractivity contribution is 5.82. The van der Waals surface area contributed by atoms with Crippen molar-refractivity contribution < 1.29 is 9.90 Å². The van der Waals surface area contributed by atoms with E-state index in [9.17, 15) is 9.90 Å². The van der Waals surface area contributed by atoms with Gasteiger partial charge in [-0.3, -0.25) is 9.69 Å². The molecule has 5 saturated carbocycles. The van der Waals surface area contributed by atoms with Gasteiger partial charge in [0.1, 0.15) is 0 Å². The van der Waals surface area contributed by atoms with Crippen molar-refractivity contribution in [2.45, 2.75) is 76.0 Å². The summed E-state index contributed by atoms with van der Waals surface area (Å²) in [7, 11) is 1.97.